The topological polar surface area (TPSA) is 74.3 Å². The van der Waals surface area contributed by atoms with E-state index in [1.165, 1.54) is 6.20 Å². The summed E-state index contributed by atoms with van der Waals surface area (Å²) < 4.78 is 0. The molecule has 0 atom stereocenters. The van der Waals surface area contributed by atoms with Crippen LogP contribution >= 0.6 is 11.6 Å². The summed E-state index contributed by atoms with van der Waals surface area (Å²) in [4.78, 5) is 30.1. The van der Waals surface area contributed by atoms with Crippen molar-refractivity contribution in [2.45, 2.75) is 58.3 Å². The Bertz CT molecular complexity index is 994. The normalized spacial score (nSPS) is 12.4. The fraction of sp³-hybridized carbons (Fsp3) is 0.424. The number of nitrogens with zero attached hydrogens (tertiary/aromatic N) is 2. The number of aromatic nitrogens is 1. The Kier molecular flexibility index (Phi) is 21.6. The molecule has 0 spiro atoms. The van der Waals surface area contributed by atoms with Crippen LogP contribution in [0.3, 0.4) is 0 Å². The van der Waals surface area contributed by atoms with E-state index in [0.29, 0.717) is 43.3 Å². The van der Waals surface area contributed by atoms with Gasteiger partial charge in [-0.3, -0.25) is 9.59 Å². The monoisotopic (exact) mass is 566 g/mol. The van der Waals surface area contributed by atoms with Crippen LogP contribution in [0, 0.1) is 0 Å². The summed E-state index contributed by atoms with van der Waals surface area (Å²) in [5, 5.41) is 6.16. The minimum atomic E-state index is -0.180. The second kappa shape index (κ2) is 24.8. The zero-order valence-electron chi connectivity index (χ0n) is 24.2. The lowest BCUT2D eigenvalue weighted by atomic mass is 10.2. The Labute approximate surface area is 246 Å². The molecule has 1 rings (SSSR count). The summed E-state index contributed by atoms with van der Waals surface area (Å²) in [5.74, 6) is -0.128. The Morgan fingerprint density at radius 3 is 1.77 bits per heavy atom. The Morgan fingerprint density at radius 1 is 0.775 bits per heavy atom. The molecule has 0 fully saturated rings. The van der Waals surface area contributed by atoms with Gasteiger partial charge in [-0.15, -0.1) is 0 Å². The molecular formula is C33H47ClN4O2. The van der Waals surface area contributed by atoms with Crippen molar-refractivity contribution < 1.29 is 9.59 Å². The summed E-state index contributed by atoms with van der Waals surface area (Å²) in [6.07, 6.45) is 34.7. The van der Waals surface area contributed by atoms with Crippen molar-refractivity contribution in [3.05, 3.63) is 102 Å². The molecule has 2 amide bonds. The number of likely N-dealkylation sites (N-methyl/N-ethyl adjacent to an activating group) is 1. The molecule has 0 bridgehead atoms. The average Bonchev–Trinajstić information content (AvgIpc) is 2.94. The lowest BCUT2D eigenvalue weighted by Crippen LogP contribution is -2.37. The summed E-state index contributed by atoms with van der Waals surface area (Å²) in [5.41, 5.74) is 0.478. The van der Waals surface area contributed by atoms with Crippen LogP contribution in [-0.4, -0.2) is 54.9 Å². The lowest BCUT2D eigenvalue weighted by molar-refractivity contribution is -0.121. The van der Waals surface area contributed by atoms with Gasteiger partial charge in [-0.1, -0.05) is 91.4 Å². The summed E-state index contributed by atoms with van der Waals surface area (Å²) in [6, 6.07) is 3.23. The van der Waals surface area contributed by atoms with Crippen LogP contribution in [0.25, 0.3) is 0 Å². The zero-order valence-corrected chi connectivity index (χ0v) is 25.0. The molecule has 6 nitrogen and oxygen atoms in total. The number of amides is 2. The number of pyridine rings is 1. The van der Waals surface area contributed by atoms with Crippen molar-refractivity contribution >= 4 is 23.4 Å². The van der Waals surface area contributed by atoms with Crippen molar-refractivity contribution in [3.63, 3.8) is 0 Å². The maximum absolute atomic E-state index is 12.1. The van der Waals surface area contributed by atoms with Crippen LogP contribution in [-0.2, 0) is 4.79 Å². The molecule has 0 aliphatic rings. The van der Waals surface area contributed by atoms with E-state index in [1.54, 1.807) is 12.1 Å². The van der Waals surface area contributed by atoms with E-state index in [-0.39, 0.29) is 11.8 Å². The van der Waals surface area contributed by atoms with Gasteiger partial charge in [-0.2, -0.15) is 0 Å². The fourth-order valence-electron chi connectivity index (χ4n) is 3.41. The first-order valence-electron chi connectivity index (χ1n) is 14.3. The van der Waals surface area contributed by atoms with Crippen LogP contribution in [0.4, 0.5) is 0 Å². The van der Waals surface area contributed by atoms with Gasteiger partial charge >= 0.3 is 0 Å². The number of allylic oxidation sites excluding steroid dienone is 12. The number of rotatable bonds is 21. The summed E-state index contributed by atoms with van der Waals surface area (Å²) in [6.45, 7) is 4.63. The minimum Gasteiger partial charge on any atom is -0.355 e. The molecule has 1 aromatic rings. The van der Waals surface area contributed by atoms with E-state index in [9.17, 15) is 9.59 Å². The molecule has 40 heavy (non-hydrogen) atoms. The van der Waals surface area contributed by atoms with E-state index in [2.05, 4.69) is 100 Å². The Morgan fingerprint density at radius 2 is 1.27 bits per heavy atom. The zero-order chi connectivity index (χ0) is 29.1. The fourth-order valence-corrected chi connectivity index (χ4v) is 3.52. The first-order valence-corrected chi connectivity index (χ1v) is 14.7. The van der Waals surface area contributed by atoms with Gasteiger partial charge in [0.1, 0.15) is 5.15 Å². The molecular weight excluding hydrogens is 520 g/mol. The van der Waals surface area contributed by atoms with Crippen LogP contribution in [0.2, 0.25) is 5.15 Å². The SMILES string of the molecule is CCC=CC/C=C\CC=CC/C=C\C/C=C\C/C=C\CCC(=O)NCCN(C)CCNC(=O)c1ccc(Cl)nc1. The van der Waals surface area contributed by atoms with Crippen LogP contribution < -0.4 is 10.6 Å². The smallest absolute Gasteiger partial charge is 0.252 e. The van der Waals surface area contributed by atoms with Gasteiger partial charge in [0, 0.05) is 38.8 Å². The summed E-state index contributed by atoms with van der Waals surface area (Å²) in [7, 11) is 1.96. The van der Waals surface area contributed by atoms with E-state index in [0.717, 1.165) is 44.9 Å². The molecule has 0 aliphatic heterocycles. The van der Waals surface area contributed by atoms with Crippen molar-refractivity contribution in [1.29, 1.82) is 0 Å². The standard InChI is InChI=1S/C33H47ClN4O2/c1-3-4-5-6-7-8-9-10-11-12-13-14-15-16-17-18-19-20-21-22-32(39)35-25-27-38(2)28-26-36-33(40)30-23-24-31(34)37-29-30/h4-5,7-8,10-11,13-14,16-17,19-20,23-24,29H,3,6,9,12,15,18,21-22,25-28H2,1-2H3,(H,35,39)(H,36,40)/b5-4?,8-7-,11-10?,14-13-,17-16-,20-19-. The molecule has 0 saturated heterocycles. The van der Waals surface area contributed by atoms with Crippen molar-refractivity contribution in [2.75, 3.05) is 33.2 Å². The number of halogens is 1. The molecule has 0 aromatic carbocycles. The molecule has 2 N–H and O–H groups in total. The van der Waals surface area contributed by atoms with Gasteiger partial charge < -0.3 is 15.5 Å². The van der Waals surface area contributed by atoms with Crippen molar-refractivity contribution in [2.24, 2.45) is 0 Å². The number of carbonyl (C=O) groups excluding carboxylic acids is 2. The minimum absolute atomic E-state index is 0.0523. The molecule has 0 radical (unpaired) electrons. The second-order valence-electron chi connectivity index (χ2n) is 9.23. The molecule has 0 aliphatic carbocycles. The van der Waals surface area contributed by atoms with Gasteiger partial charge in [0.15, 0.2) is 0 Å². The second-order valence-corrected chi connectivity index (χ2v) is 9.62. The third-order valence-corrected chi connectivity index (χ3v) is 5.94. The van der Waals surface area contributed by atoms with Gasteiger partial charge in [0.2, 0.25) is 5.91 Å². The highest BCUT2D eigenvalue weighted by Gasteiger charge is 2.06. The van der Waals surface area contributed by atoms with Crippen molar-refractivity contribution in [1.82, 2.24) is 20.5 Å². The number of nitrogens with one attached hydrogen (secondary N) is 2. The van der Waals surface area contributed by atoms with Crippen LogP contribution in [0.15, 0.2) is 91.2 Å². The van der Waals surface area contributed by atoms with E-state index in [1.807, 2.05) is 7.05 Å². The van der Waals surface area contributed by atoms with Gasteiger partial charge in [0.25, 0.3) is 5.91 Å². The van der Waals surface area contributed by atoms with Crippen LogP contribution in [0.1, 0.15) is 68.6 Å². The quantitative estimate of drug-likeness (QED) is 0.124. The maximum atomic E-state index is 12.1. The molecule has 1 heterocycles. The lowest BCUT2D eigenvalue weighted by Gasteiger charge is -2.17. The number of hydrogen-bond acceptors (Lipinski definition) is 4. The molecule has 218 valence electrons. The van der Waals surface area contributed by atoms with Crippen molar-refractivity contribution in [3.8, 4) is 0 Å². The molecule has 0 unspecified atom stereocenters. The highest BCUT2D eigenvalue weighted by molar-refractivity contribution is 6.29. The predicted octanol–water partition coefficient (Wildman–Crippen LogP) is 6.99. The Balaban J connectivity index is 1.98. The van der Waals surface area contributed by atoms with E-state index in [4.69, 9.17) is 11.6 Å². The average molecular weight is 567 g/mol. The largest absolute Gasteiger partial charge is 0.355 e. The van der Waals surface area contributed by atoms with Crippen LogP contribution in [0.5, 0.6) is 0 Å². The third-order valence-electron chi connectivity index (χ3n) is 5.72. The van der Waals surface area contributed by atoms with E-state index >= 15 is 0 Å². The molecule has 1 aromatic heterocycles. The highest BCUT2D eigenvalue weighted by Crippen LogP contribution is 2.05. The third kappa shape index (κ3) is 20.7. The number of hydrogen-bond donors (Lipinski definition) is 2. The van der Waals surface area contributed by atoms with Gasteiger partial charge in [0.05, 0.1) is 5.56 Å². The Hall–Kier alpha value is -3.22. The molecule has 0 saturated carbocycles. The first-order chi connectivity index (χ1) is 19.5. The van der Waals surface area contributed by atoms with Gasteiger partial charge in [-0.05, 0) is 64.1 Å². The predicted molar refractivity (Wildman–Crippen MR) is 170 cm³/mol. The number of carbonyl (C=O) groups is 2. The van der Waals surface area contributed by atoms with E-state index < -0.39 is 0 Å². The first kappa shape index (κ1) is 34.8. The van der Waals surface area contributed by atoms with Gasteiger partial charge in [-0.25, -0.2) is 4.98 Å². The molecule has 7 heteroatoms. The maximum Gasteiger partial charge on any atom is 0.252 e. The highest BCUT2D eigenvalue weighted by atomic mass is 35.5. The summed E-state index contributed by atoms with van der Waals surface area (Å²) >= 11 is 5.74.